The number of amides is 1. The predicted octanol–water partition coefficient (Wildman–Crippen LogP) is 1.17. The standard InChI is InChI=1S/C12H10BrClN4O3/c13-7-4-18(12(21)17-11(7)20)5-10(19)16-9-2-1-6(15)3-8(9)14/h1-4H,5,15H2,(H,16,19)(H,17,20,21). The van der Waals surface area contributed by atoms with E-state index in [1.165, 1.54) is 12.3 Å². The summed E-state index contributed by atoms with van der Waals surface area (Å²) >= 11 is 8.92. The highest BCUT2D eigenvalue weighted by atomic mass is 79.9. The van der Waals surface area contributed by atoms with Gasteiger partial charge >= 0.3 is 5.69 Å². The Labute approximate surface area is 131 Å². The van der Waals surface area contributed by atoms with Gasteiger partial charge in [-0.2, -0.15) is 0 Å². The Kier molecular flexibility index (Phi) is 4.49. The SMILES string of the molecule is Nc1ccc(NC(=O)Cn2cc(Br)c(=O)[nH]c2=O)c(Cl)c1. The summed E-state index contributed by atoms with van der Waals surface area (Å²) < 4.78 is 1.21. The first-order valence-electron chi connectivity index (χ1n) is 5.71. The lowest BCUT2D eigenvalue weighted by Gasteiger charge is -2.09. The topological polar surface area (TPSA) is 110 Å². The number of H-pyrrole nitrogens is 1. The van der Waals surface area contributed by atoms with Crippen LogP contribution in [0.25, 0.3) is 0 Å². The predicted molar refractivity (Wildman–Crippen MR) is 83.5 cm³/mol. The van der Waals surface area contributed by atoms with Gasteiger partial charge in [-0.25, -0.2) is 4.79 Å². The third-order valence-electron chi connectivity index (χ3n) is 2.55. The molecule has 0 spiro atoms. The molecule has 9 heteroatoms. The highest BCUT2D eigenvalue weighted by Crippen LogP contribution is 2.23. The molecule has 1 heterocycles. The molecule has 2 aromatic rings. The van der Waals surface area contributed by atoms with Crippen LogP contribution in [0, 0.1) is 0 Å². The second-order valence-electron chi connectivity index (χ2n) is 4.15. The number of nitrogens with one attached hydrogen (secondary N) is 2. The quantitative estimate of drug-likeness (QED) is 0.702. The van der Waals surface area contributed by atoms with Crippen LogP contribution in [0.3, 0.4) is 0 Å². The minimum atomic E-state index is -0.679. The number of anilines is 2. The average Bonchev–Trinajstić information content (AvgIpc) is 2.39. The minimum absolute atomic E-state index is 0.153. The van der Waals surface area contributed by atoms with Crippen molar-refractivity contribution in [2.45, 2.75) is 6.54 Å². The van der Waals surface area contributed by atoms with Crippen LogP contribution in [0.5, 0.6) is 0 Å². The van der Waals surface area contributed by atoms with E-state index in [-0.39, 0.29) is 11.0 Å². The third-order valence-corrected chi connectivity index (χ3v) is 3.43. The van der Waals surface area contributed by atoms with Crippen LogP contribution in [0.4, 0.5) is 11.4 Å². The van der Waals surface area contributed by atoms with Gasteiger partial charge in [0.2, 0.25) is 5.91 Å². The zero-order valence-corrected chi connectivity index (χ0v) is 12.9. The zero-order chi connectivity index (χ0) is 15.6. The Bertz CT molecular complexity index is 815. The third kappa shape index (κ3) is 3.73. The minimum Gasteiger partial charge on any atom is -0.399 e. The summed E-state index contributed by atoms with van der Waals surface area (Å²) in [7, 11) is 0. The zero-order valence-electron chi connectivity index (χ0n) is 10.5. The Hall–Kier alpha value is -2.06. The average molecular weight is 374 g/mol. The Morgan fingerprint density at radius 2 is 2.14 bits per heavy atom. The molecule has 0 fully saturated rings. The summed E-state index contributed by atoms with van der Waals surface area (Å²) in [5.41, 5.74) is 5.17. The smallest absolute Gasteiger partial charge is 0.328 e. The van der Waals surface area contributed by atoms with Crippen LogP contribution in [0.1, 0.15) is 0 Å². The van der Waals surface area contributed by atoms with Crippen molar-refractivity contribution in [3.63, 3.8) is 0 Å². The van der Waals surface area contributed by atoms with Gasteiger partial charge in [0, 0.05) is 11.9 Å². The van der Waals surface area contributed by atoms with Gasteiger partial charge in [-0.1, -0.05) is 11.6 Å². The molecule has 110 valence electrons. The van der Waals surface area contributed by atoms with Crippen LogP contribution in [-0.2, 0) is 11.3 Å². The Balaban J connectivity index is 2.17. The molecule has 1 aromatic heterocycles. The summed E-state index contributed by atoms with van der Waals surface area (Å²) in [6, 6.07) is 4.64. The number of carbonyl (C=O) groups is 1. The second-order valence-corrected chi connectivity index (χ2v) is 5.41. The lowest BCUT2D eigenvalue weighted by atomic mass is 10.3. The van der Waals surface area contributed by atoms with Crippen LogP contribution in [0.2, 0.25) is 5.02 Å². The van der Waals surface area contributed by atoms with Gasteiger partial charge in [0.1, 0.15) is 6.54 Å². The van der Waals surface area contributed by atoms with Gasteiger partial charge in [-0.3, -0.25) is 19.1 Å². The number of nitrogen functional groups attached to an aromatic ring is 1. The van der Waals surface area contributed by atoms with E-state index in [9.17, 15) is 14.4 Å². The first-order chi connectivity index (χ1) is 9.86. The largest absolute Gasteiger partial charge is 0.399 e. The van der Waals surface area contributed by atoms with Crippen LogP contribution in [0.15, 0.2) is 38.5 Å². The summed E-state index contributed by atoms with van der Waals surface area (Å²) in [6.07, 6.45) is 1.24. The van der Waals surface area contributed by atoms with Gasteiger partial charge < -0.3 is 11.1 Å². The number of hydrogen-bond acceptors (Lipinski definition) is 4. The number of rotatable bonds is 3. The monoisotopic (exact) mass is 372 g/mol. The van der Waals surface area contributed by atoms with E-state index in [4.69, 9.17) is 17.3 Å². The molecular formula is C12H10BrClN4O3. The van der Waals surface area contributed by atoms with Crippen molar-refractivity contribution < 1.29 is 4.79 Å². The van der Waals surface area contributed by atoms with Crippen molar-refractivity contribution in [2.24, 2.45) is 0 Å². The number of aromatic amines is 1. The molecule has 0 aliphatic heterocycles. The molecule has 0 saturated heterocycles. The molecule has 0 aliphatic rings. The highest BCUT2D eigenvalue weighted by molar-refractivity contribution is 9.10. The summed E-state index contributed by atoms with van der Waals surface area (Å²) in [6.45, 7) is -0.269. The molecule has 1 amide bonds. The van der Waals surface area contributed by atoms with Crippen molar-refractivity contribution in [3.05, 3.63) is 54.7 Å². The van der Waals surface area contributed by atoms with E-state index in [1.807, 2.05) is 0 Å². The van der Waals surface area contributed by atoms with E-state index in [2.05, 4.69) is 26.2 Å². The number of halogens is 2. The van der Waals surface area contributed by atoms with Gasteiger partial charge in [0.25, 0.3) is 5.56 Å². The lowest BCUT2D eigenvalue weighted by Crippen LogP contribution is -2.33. The maximum atomic E-state index is 11.9. The summed E-state index contributed by atoms with van der Waals surface area (Å²) in [4.78, 5) is 36.7. The van der Waals surface area contributed by atoms with Gasteiger partial charge in [-0.05, 0) is 34.1 Å². The molecule has 0 atom stereocenters. The van der Waals surface area contributed by atoms with E-state index in [1.54, 1.807) is 12.1 Å². The number of hydrogen-bond donors (Lipinski definition) is 3. The molecule has 21 heavy (non-hydrogen) atoms. The van der Waals surface area contributed by atoms with E-state index in [0.717, 1.165) is 4.57 Å². The fourth-order valence-electron chi connectivity index (χ4n) is 1.58. The first-order valence-corrected chi connectivity index (χ1v) is 6.88. The van der Waals surface area contributed by atoms with Crippen LogP contribution < -0.4 is 22.3 Å². The number of aromatic nitrogens is 2. The highest BCUT2D eigenvalue weighted by Gasteiger charge is 2.09. The maximum Gasteiger partial charge on any atom is 0.328 e. The van der Waals surface area contributed by atoms with Crippen LogP contribution in [-0.4, -0.2) is 15.5 Å². The number of carbonyl (C=O) groups excluding carboxylic acids is 1. The fourth-order valence-corrected chi connectivity index (χ4v) is 2.16. The molecule has 4 N–H and O–H groups in total. The molecule has 0 saturated carbocycles. The number of nitrogens with two attached hydrogens (primary N) is 1. The van der Waals surface area contributed by atoms with E-state index >= 15 is 0 Å². The Morgan fingerprint density at radius 3 is 2.81 bits per heavy atom. The van der Waals surface area contributed by atoms with Crippen molar-refractivity contribution in [1.29, 1.82) is 0 Å². The Morgan fingerprint density at radius 1 is 1.43 bits per heavy atom. The van der Waals surface area contributed by atoms with Crippen molar-refractivity contribution in [3.8, 4) is 0 Å². The molecular weight excluding hydrogens is 364 g/mol. The summed E-state index contributed by atoms with van der Waals surface area (Å²) in [5, 5.41) is 2.84. The molecule has 2 rings (SSSR count). The molecule has 0 bridgehead atoms. The summed E-state index contributed by atoms with van der Waals surface area (Å²) in [5.74, 6) is -0.470. The van der Waals surface area contributed by atoms with E-state index in [0.29, 0.717) is 16.4 Å². The normalized spacial score (nSPS) is 10.4. The number of benzene rings is 1. The second kappa shape index (κ2) is 6.15. The molecule has 1 aromatic carbocycles. The van der Waals surface area contributed by atoms with Gasteiger partial charge in [-0.15, -0.1) is 0 Å². The van der Waals surface area contributed by atoms with Crippen molar-refractivity contribution in [1.82, 2.24) is 9.55 Å². The molecule has 0 aliphatic carbocycles. The first kappa shape index (κ1) is 15.3. The number of nitrogens with zero attached hydrogens (tertiary/aromatic N) is 1. The molecule has 0 unspecified atom stereocenters. The van der Waals surface area contributed by atoms with Crippen molar-refractivity contribution in [2.75, 3.05) is 11.1 Å². The fraction of sp³-hybridized carbons (Fsp3) is 0.0833. The molecule has 0 radical (unpaired) electrons. The van der Waals surface area contributed by atoms with Crippen molar-refractivity contribution >= 4 is 44.8 Å². The molecule has 7 nitrogen and oxygen atoms in total. The van der Waals surface area contributed by atoms with Crippen LogP contribution >= 0.6 is 27.5 Å². The van der Waals surface area contributed by atoms with Gasteiger partial charge in [0.05, 0.1) is 15.2 Å². The van der Waals surface area contributed by atoms with E-state index < -0.39 is 17.2 Å². The lowest BCUT2D eigenvalue weighted by molar-refractivity contribution is -0.116. The van der Waals surface area contributed by atoms with Gasteiger partial charge in [0.15, 0.2) is 0 Å². The maximum absolute atomic E-state index is 11.9.